The van der Waals surface area contributed by atoms with Crippen molar-refractivity contribution in [3.8, 4) is 0 Å². The molecule has 4 rings (SSSR count). The van der Waals surface area contributed by atoms with Gasteiger partial charge in [0.05, 0.1) is 6.54 Å². The minimum absolute atomic E-state index is 0.215. The Bertz CT molecular complexity index is 1150. The zero-order valence-electron chi connectivity index (χ0n) is 14.4. The van der Waals surface area contributed by atoms with Crippen LogP contribution in [0, 0.1) is 5.82 Å². The van der Waals surface area contributed by atoms with Crippen molar-refractivity contribution in [3.05, 3.63) is 94.3 Å². The van der Waals surface area contributed by atoms with E-state index < -0.39 is 0 Å². The van der Waals surface area contributed by atoms with Crippen molar-refractivity contribution < 1.29 is 4.39 Å². The van der Waals surface area contributed by atoms with E-state index in [4.69, 9.17) is 0 Å². The summed E-state index contributed by atoms with van der Waals surface area (Å²) in [6.07, 6.45) is 5.33. The molecule has 0 spiro atoms. The molecule has 0 fully saturated rings. The first kappa shape index (κ1) is 16.8. The Morgan fingerprint density at radius 3 is 2.59 bits per heavy atom. The summed E-state index contributed by atoms with van der Waals surface area (Å²) in [6.45, 7) is 0.753. The third kappa shape index (κ3) is 3.67. The van der Waals surface area contributed by atoms with Crippen LogP contribution < -0.4 is 5.56 Å². The van der Waals surface area contributed by atoms with Crippen molar-refractivity contribution >= 4 is 17.2 Å². The first-order valence-corrected chi connectivity index (χ1v) is 8.45. The molecule has 0 radical (unpaired) electrons. The number of nitrogens with zero attached hydrogens (tertiary/aromatic N) is 5. The standard InChI is InChI=1S/C20H16FN5O/c21-17-10-8-16(9-11-17)13-26-19-18(23-24-26)20(27)25(14-22-19)12-4-7-15-5-2-1-3-6-15/h1-11,14H,12-13H2/b7-4+. The molecule has 7 heteroatoms. The van der Waals surface area contributed by atoms with Gasteiger partial charge >= 0.3 is 0 Å². The van der Waals surface area contributed by atoms with E-state index in [1.165, 1.54) is 27.7 Å². The molecule has 0 aliphatic carbocycles. The molecule has 0 N–H and O–H groups in total. The molecule has 0 unspecified atom stereocenters. The molecule has 0 aliphatic rings. The van der Waals surface area contributed by atoms with Crippen molar-refractivity contribution in [3.63, 3.8) is 0 Å². The molecular weight excluding hydrogens is 345 g/mol. The second-order valence-corrected chi connectivity index (χ2v) is 6.06. The average Bonchev–Trinajstić information content (AvgIpc) is 3.10. The van der Waals surface area contributed by atoms with Gasteiger partial charge < -0.3 is 0 Å². The maximum absolute atomic E-state index is 13.0. The van der Waals surface area contributed by atoms with E-state index in [0.717, 1.165) is 11.1 Å². The van der Waals surface area contributed by atoms with E-state index in [2.05, 4.69) is 15.3 Å². The number of halogens is 1. The molecule has 27 heavy (non-hydrogen) atoms. The highest BCUT2D eigenvalue weighted by Gasteiger charge is 2.11. The summed E-state index contributed by atoms with van der Waals surface area (Å²) < 4.78 is 16.0. The van der Waals surface area contributed by atoms with Crippen LogP contribution in [0.2, 0.25) is 0 Å². The van der Waals surface area contributed by atoms with Crippen LogP contribution >= 0.6 is 0 Å². The molecule has 0 atom stereocenters. The zero-order chi connectivity index (χ0) is 18.6. The summed E-state index contributed by atoms with van der Waals surface area (Å²) in [5.74, 6) is -0.299. The largest absolute Gasteiger partial charge is 0.293 e. The van der Waals surface area contributed by atoms with Crippen molar-refractivity contribution in [2.24, 2.45) is 0 Å². The molecule has 6 nitrogen and oxygen atoms in total. The predicted molar refractivity (Wildman–Crippen MR) is 101 cm³/mol. The lowest BCUT2D eigenvalue weighted by molar-refractivity contribution is 0.623. The number of hydrogen-bond donors (Lipinski definition) is 0. The van der Waals surface area contributed by atoms with Crippen molar-refractivity contribution in [1.29, 1.82) is 0 Å². The number of allylic oxidation sites excluding steroid dienone is 1. The Morgan fingerprint density at radius 1 is 1.04 bits per heavy atom. The Hall–Kier alpha value is -3.61. The van der Waals surface area contributed by atoms with E-state index in [-0.39, 0.29) is 16.9 Å². The lowest BCUT2D eigenvalue weighted by atomic mass is 10.2. The number of benzene rings is 2. The van der Waals surface area contributed by atoms with Gasteiger partial charge in [-0.05, 0) is 23.3 Å². The smallest absolute Gasteiger partial charge is 0.283 e. The molecular formula is C20H16FN5O. The highest BCUT2D eigenvalue weighted by Crippen LogP contribution is 2.09. The van der Waals surface area contributed by atoms with Gasteiger partial charge in [-0.25, -0.2) is 14.1 Å². The Kier molecular flexibility index (Phi) is 4.57. The molecule has 2 aromatic heterocycles. The number of aromatic nitrogens is 5. The number of rotatable bonds is 5. The van der Waals surface area contributed by atoms with E-state index in [9.17, 15) is 9.18 Å². The van der Waals surface area contributed by atoms with Crippen LogP contribution in [-0.4, -0.2) is 24.5 Å². The summed E-state index contributed by atoms with van der Waals surface area (Å²) in [4.78, 5) is 16.9. The molecule has 0 aliphatic heterocycles. The lowest BCUT2D eigenvalue weighted by Gasteiger charge is -2.03. The summed E-state index contributed by atoms with van der Waals surface area (Å²) in [5, 5.41) is 8.00. The summed E-state index contributed by atoms with van der Waals surface area (Å²) in [7, 11) is 0. The van der Waals surface area contributed by atoms with E-state index >= 15 is 0 Å². The topological polar surface area (TPSA) is 65.6 Å². The van der Waals surface area contributed by atoms with Crippen LogP contribution in [0.25, 0.3) is 17.2 Å². The molecule has 0 bridgehead atoms. The maximum atomic E-state index is 13.0. The third-order valence-corrected chi connectivity index (χ3v) is 4.15. The van der Waals surface area contributed by atoms with Crippen LogP contribution in [0.1, 0.15) is 11.1 Å². The van der Waals surface area contributed by atoms with Gasteiger partial charge in [0.1, 0.15) is 12.1 Å². The van der Waals surface area contributed by atoms with Crippen LogP contribution in [0.3, 0.4) is 0 Å². The van der Waals surface area contributed by atoms with Crippen LogP contribution in [0.15, 0.2) is 71.8 Å². The lowest BCUT2D eigenvalue weighted by Crippen LogP contribution is -2.20. The van der Waals surface area contributed by atoms with Crippen molar-refractivity contribution in [1.82, 2.24) is 24.5 Å². The van der Waals surface area contributed by atoms with E-state index in [1.807, 2.05) is 42.5 Å². The fourth-order valence-electron chi connectivity index (χ4n) is 2.75. The summed E-state index contributed by atoms with van der Waals surface area (Å²) in [6, 6.07) is 15.9. The fraction of sp³-hybridized carbons (Fsp3) is 0.100. The van der Waals surface area contributed by atoms with Gasteiger partial charge in [0.15, 0.2) is 11.2 Å². The van der Waals surface area contributed by atoms with Gasteiger partial charge in [-0.1, -0.05) is 59.8 Å². The molecule has 2 aromatic carbocycles. The quantitative estimate of drug-likeness (QED) is 0.548. The predicted octanol–water partition coefficient (Wildman–Crippen LogP) is 2.89. The van der Waals surface area contributed by atoms with Gasteiger partial charge in [-0.15, -0.1) is 5.10 Å². The summed E-state index contributed by atoms with van der Waals surface area (Å²) in [5.41, 5.74) is 2.29. The fourth-order valence-corrected chi connectivity index (χ4v) is 2.75. The van der Waals surface area contributed by atoms with Crippen molar-refractivity contribution in [2.45, 2.75) is 13.1 Å². The Balaban J connectivity index is 1.57. The van der Waals surface area contributed by atoms with Gasteiger partial charge in [0, 0.05) is 6.54 Å². The maximum Gasteiger partial charge on any atom is 0.283 e. The van der Waals surface area contributed by atoms with Crippen LogP contribution in [-0.2, 0) is 13.1 Å². The molecule has 0 amide bonds. The SMILES string of the molecule is O=c1c2nnn(Cc3ccc(F)cc3)c2ncn1C/C=C/c1ccccc1. The van der Waals surface area contributed by atoms with Gasteiger partial charge in [-0.2, -0.15) is 0 Å². The molecule has 0 saturated carbocycles. The Labute approximate surface area is 154 Å². The number of hydrogen-bond acceptors (Lipinski definition) is 4. The molecule has 0 saturated heterocycles. The number of fused-ring (bicyclic) bond motifs is 1. The highest BCUT2D eigenvalue weighted by atomic mass is 19.1. The van der Waals surface area contributed by atoms with Crippen LogP contribution in [0.4, 0.5) is 4.39 Å². The second kappa shape index (κ2) is 7.33. The third-order valence-electron chi connectivity index (χ3n) is 4.15. The molecule has 134 valence electrons. The average molecular weight is 361 g/mol. The van der Waals surface area contributed by atoms with Gasteiger partial charge in [0.25, 0.3) is 5.56 Å². The zero-order valence-corrected chi connectivity index (χ0v) is 14.4. The Morgan fingerprint density at radius 2 is 1.81 bits per heavy atom. The van der Waals surface area contributed by atoms with Crippen LogP contribution in [0.5, 0.6) is 0 Å². The summed E-state index contributed by atoms with van der Waals surface area (Å²) >= 11 is 0. The minimum atomic E-state index is -0.299. The second-order valence-electron chi connectivity index (χ2n) is 6.06. The monoisotopic (exact) mass is 361 g/mol. The highest BCUT2D eigenvalue weighted by molar-refractivity contribution is 5.67. The first-order valence-electron chi connectivity index (χ1n) is 8.45. The first-order chi connectivity index (χ1) is 13.2. The van der Waals surface area contributed by atoms with Gasteiger partial charge in [0.2, 0.25) is 0 Å². The minimum Gasteiger partial charge on any atom is -0.293 e. The molecule has 2 heterocycles. The van der Waals surface area contributed by atoms with Gasteiger partial charge in [-0.3, -0.25) is 9.36 Å². The van der Waals surface area contributed by atoms with E-state index in [1.54, 1.807) is 12.1 Å². The normalized spacial score (nSPS) is 11.4. The van der Waals surface area contributed by atoms with E-state index in [0.29, 0.717) is 18.7 Å². The molecule has 4 aromatic rings. The van der Waals surface area contributed by atoms with Crippen molar-refractivity contribution in [2.75, 3.05) is 0 Å².